The number of aromatic amines is 1. The SMILES string of the molecule is Cn1c(Sc2c(N)cncc2Br)n[nH]c1=O. The van der Waals surface area contributed by atoms with E-state index < -0.39 is 0 Å². The second-order valence-electron chi connectivity index (χ2n) is 3.01. The molecule has 0 atom stereocenters. The molecule has 0 saturated heterocycles. The smallest absolute Gasteiger partial charge is 0.343 e. The van der Waals surface area contributed by atoms with Gasteiger partial charge in [-0.3, -0.25) is 9.55 Å². The zero-order valence-corrected chi connectivity index (χ0v) is 10.7. The van der Waals surface area contributed by atoms with Crippen LogP contribution in [0.4, 0.5) is 5.69 Å². The first-order chi connectivity index (χ1) is 7.59. The van der Waals surface area contributed by atoms with E-state index in [0.717, 1.165) is 9.37 Å². The lowest BCUT2D eigenvalue weighted by Gasteiger charge is -2.05. The van der Waals surface area contributed by atoms with Crippen LogP contribution in [0.15, 0.2) is 31.7 Å². The minimum Gasteiger partial charge on any atom is -0.397 e. The second-order valence-corrected chi connectivity index (χ2v) is 4.84. The summed E-state index contributed by atoms with van der Waals surface area (Å²) in [6, 6.07) is 0. The molecule has 0 aliphatic carbocycles. The highest BCUT2D eigenvalue weighted by Crippen LogP contribution is 2.35. The lowest BCUT2D eigenvalue weighted by molar-refractivity contribution is 0.766. The van der Waals surface area contributed by atoms with E-state index in [9.17, 15) is 4.79 Å². The second kappa shape index (κ2) is 4.30. The molecule has 0 spiro atoms. The molecule has 0 saturated carbocycles. The Morgan fingerprint density at radius 2 is 2.31 bits per heavy atom. The van der Waals surface area contributed by atoms with E-state index in [2.05, 4.69) is 31.1 Å². The molecule has 0 radical (unpaired) electrons. The molecule has 84 valence electrons. The van der Waals surface area contributed by atoms with Crippen LogP contribution >= 0.6 is 27.7 Å². The quantitative estimate of drug-likeness (QED) is 0.864. The molecule has 3 N–H and O–H groups in total. The predicted octanol–water partition coefficient (Wildman–Crippen LogP) is 0.999. The molecule has 2 aromatic rings. The number of pyridine rings is 1. The van der Waals surface area contributed by atoms with Crippen molar-refractivity contribution in [2.45, 2.75) is 10.1 Å². The third-order valence-corrected chi connectivity index (χ3v) is 3.98. The van der Waals surface area contributed by atoms with Crippen LogP contribution < -0.4 is 11.4 Å². The van der Waals surface area contributed by atoms with Crippen LogP contribution in [-0.4, -0.2) is 19.7 Å². The van der Waals surface area contributed by atoms with Gasteiger partial charge in [-0.15, -0.1) is 5.10 Å². The van der Waals surface area contributed by atoms with Gasteiger partial charge in [-0.1, -0.05) is 0 Å². The number of anilines is 1. The maximum Gasteiger partial charge on any atom is 0.343 e. The van der Waals surface area contributed by atoms with Gasteiger partial charge in [0.25, 0.3) is 0 Å². The molecule has 8 heteroatoms. The molecular weight excluding hydrogens is 294 g/mol. The van der Waals surface area contributed by atoms with Gasteiger partial charge in [-0.2, -0.15) is 0 Å². The summed E-state index contributed by atoms with van der Waals surface area (Å²) in [4.78, 5) is 15.9. The minimum atomic E-state index is -0.258. The fourth-order valence-electron chi connectivity index (χ4n) is 1.06. The number of aromatic nitrogens is 4. The van der Waals surface area contributed by atoms with Gasteiger partial charge in [-0.25, -0.2) is 9.89 Å². The summed E-state index contributed by atoms with van der Waals surface area (Å²) in [7, 11) is 1.64. The monoisotopic (exact) mass is 301 g/mol. The minimum absolute atomic E-state index is 0.258. The molecule has 0 aromatic carbocycles. The summed E-state index contributed by atoms with van der Waals surface area (Å²) in [5.41, 5.74) is 6.07. The van der Waals surface area contributed by atoms with Crippen LogP contribution in [0.1, 0.15) is 0 Å². The van der Waals surface area contributed by atoms with Crippen LogP contribution in [0.5, 0.6) is 0 Å². The Morgan fingerprint density at radius 3 is 2.88 bits per heavy atom. The van der Waals surface area contributed by atoms with E-state index >= 15 is 0 Å². The normalized spacial score (nSPS) is 10.6. The van der Waals surface area contributed by atoms with E-state index in [4.69, 9.17) is 5.73 Å². The lowest BCUT2D eigenvalue weighted by atomic mass is 10.4. The molecule has 16 heavy (non-hydrogen) atoms. The van der Waals surface area contributed by atoms with Gasteiger partial charge in [0.1, 0.15) is 0 Å². The average molecular weight is 302 g/mol. The van der Waals surface area contributed by atoms with Crippen molar-refractivity contribution in [3.05, 3.63) is 27.4 Å². The van der Waals surface area contributed by atoms with Gasteiger partial charge >= 0.3 is 5.69 Å². The number of rotatable bonds is 2. The fraction of sp³-hybridized carbons (Fsp3) is 0.125. The Labute approximate surface area is 103 Å². The molecule has 0 bridgehead atoms. The van der Waals surface area contributed by atoms with Gasteiger partial charge < -0.3 is 5.73 Å². The van der Waals surface area contributed by atoms with Crippen molar-refractivity contribution in [1.29, 1.82) is 0 Å². The molecular formula is C8H8BrN5OS. The van der Waals surface area contributed by atoms with Crippen molar-refractivity contribution in [3.63, 3.8) is 0 Å². The summed E-state index contributed by atoms with van der Waals surface area (Å²) in [5, 5.41) is 6.79. The molecule has 2 heterocycles. The molecule has 6 nitrogen and oxygen atoms in total. The summed E-state index contributed by atoms with van der Waals surface area (Å²) in [5.74, 6) is 0. The van der Waals surface area contributed by atoms with Gasteiger partial charge in [0, 0.05) is 13.2 Å². The Hall–Kier alpha value is -1.28. The topological polar surface area (TPSA) is 89.6 Å². The van der Waals surface area contributed by atoms with Crippen LogP contribution in [0.3, 0.4) is 0 Å². The van der Waals surface area contributed by atoms with Gasteiger partial charge in [0.05, 0.1) is 21.3 Å². The van der Waals surface area contributed by atoms with E-state index in [-0.39, 0.29) is 5.69 Å². The molecule has 2 rings (SSSR count). The molecule has 0 aliphatic heterocycles. The Balaban J connectivity index is 2.41. The third-order valence-electron chi connectivity index (χ3n) is 1.91. The fourth-order valence-corrected chi connectivity index (χ4v) is 2.47. The van der Waals surface area contributed by atoms with Crippen molar-refractivity contribution in [1.82, 2.24) is 19.7 Å². The number of nitrogens with two attached hydrogens (primary N) is 1. The molecule has 0 unspecified atom stereocenters. The molecule has 0 amide bonds. The van der Waals surface area contributed by atoms with E-state index in [0.29, 0.717) is 10.8 Å². The number of hydrogen-bond donors (Lipinski definition) is 2. The molecule has 2 aromatic heterocycles. The number of halogens is 1. The zero-order valence-electron chi connectivity index (χ0n) is 8.27. The Kier molecular flexibility index (Phi) is 3.01. The molecule has 0 aliphatic rings. The highest BCUT2D eigenvalue weighted by molar-refractivity contribution is 9.10. The van der Waals surface area contributed by atoms with Crippen molar-refractivity contribution < 1.29 is 0 Å². The highest BCUT2D eigenvalue weighted by Gasteiger charge is 2.11. The summed E-state index contributed by atoms with van der Waals surface area (Å²) >= 11 is 4.64. The number of nitrogens with zero attached hydrogens (tertiary/aromatic N) is 3. The van der Waals surface area contributed by atoms with Gasteiger partial charge in [-0.05, 0) is 27.7 Å². The number of nitrogen functional groups attached to an aromatic ring is 1. The van der Waals surface area contributed by atoms with Crippen LogP contribution in [-0.2, 0) is 7.05 Å². The Bertz CT molecular complexity index is 558. The van der Waals surface area contributed by atoms with Gasteiger partial charge in [0.2, 0.25) is 0 Å². The van der Waals surface area contributed by atoms with Crippen LogP contribution in [0, 0.1) is 0 Å². The van der Waals surface area contributed by atoms with Gasteiger partial charge in [0.15, 0.2) is 5.16 Å². The summed E-state index contributed by atoms with van der Waals surface area (Å²) < 4.78 is 2.18. The standard InChI is InChI=1S/C8H8BrN5OS/c1-14-7(15)12-13-8(14)16-6-4(9)2-11-3-5(6)10/h2-3H,10H2,1H3,(H,12,15). The van der Waals surface area contributed by atoms with Crippen LogP contribution in [0.25, 0.3) is 0 Å². The highest BCUT2D eigenvalue weighted by atomic mass is 79.9. The number of H-pyrrole nitrogens is 1. The predicted molar refractivity (Wildman–Crippen MR) is 64.3 cm³/mol. The number of nitrogens with one attached hydrogen (secondary N) is 1. The van der Waals surface area contributed by atoms with Crippen LogP contribution in [0.2, 0.25) is 0 Å². The van der Waals surface area contributed by atoms with E-state index in [1.54, 1.807) is 19.4 Å². The van der Waals surface area contributed by atoms with Crippen molar-refractivity contribution in [3.8, 4) is 0 Å². The average Bonchev–Trinajstić information content (AvgIpc) is 2.55. The van der Waals surface area contributed by atoms with Crippen molar-refractivity contribution in [2.75, 3.05) is 5.73 Å². The van der Waals surface area contributed by atoms with Crippen molar-refractivity contribution in [2.24, 2.45) is 7.05 Å². The summed E-state index contributed by atoms with van der Waals surface area (Å²) in [6.45, 7) is 0. The maximum atomic E-state index is 11.2. The lowest BCUT2D eigenvalue weighted by Crippen LogP contribution is -2.12. The van der Waals surface area contributed by atoms with E-state index in [1.165, 1.54) is 16.3 Å². The third kappa shape index (κ3) is 1.98. The first-order valence-electron chi connectivity index (χ1n) is 4.28. The first kappa shape index (κ1) is 11.2. The molecule has 0 fully saturated rings. The Morgan fingerprint density at radius 1 is 1.56 bits per heavy atom. The van der Waals surface area contributed by atoms with Crippen molar-refractivity contribution >= 4 is 33.4 Å². The van der Waals surface area contributed by atoms with E-state index in [1.807, 2.05) is 0 Å². The maximum absolute atomic E-state index is 11.2. The first-order valence-corrected chi connectivity index (χ1v) is 5.88. The zero-order chi connectivity index (χ0) is 11.7. The number of hydrogen-bond acceptors (Lipinski definition) is 5. The largest absolute Gasteiger partial charge is 0.397 e. The summed E-state index contributed by atoms with van der Waals surface area (Å²) in [6.07, 6.45) is 3.20.